The second-order valence-electron chi connectivity index (χ2n) is 5.99. The highest BCUT2D eigenvalue weighted by atomic mass is 16.6. The maximum absolute atomic E-state index is 12.7. The molecule has 6 heteroatoms. The van der Waals surface area contributed by atoms with E-state index in [1.54, 1.807) is 29.8 Å². The van der Waals surface area contributed by atoms with E-state index >= 15 is 0 Å². The normalized spacial score (nSPS) is 12.7. The van der Waals surface area contributed by atoms with Gasteiger partial charge in [-0.15, -0.1) is 0 Å². The maximum atomic E-state index is 12.7. The van der Waals surface area contributed by atoms with Gasteiger partial charge in [-0.3, -0.25) is 0 Å². The molecule has 1 aliphatic heterocycles. The minimum Gasteiger partial charge on any atom is -0.486 e. The Labute approximate surface area is 150 Å². The molecule has 26 heavy (non-hydrogen) atoms. The molecule has 0 amide bonds. The fourth-order valence-electron chi connectivity index (χ4n) is 3.00. The predicted octanol–water partition coefficient (Wildman–Crippen LogP) is 3.48. The molecule has 0 N–H and O–H groups in total. The summed E-state index contributed by atoms with van der Waals surface area (Å²) in [4.78, 5) is 12.7. The van der Waals surface area contributed by atoms with E-state index in [2.05, 4.69) is 5.10 Å². The molecule has 0 saturated carbocycles. The third-order valence-electron chi connectivity index (χ3n) is 4.22. The summed E-state index contributed by atoms with van der Waals surface area (Å²) in [5.74, 6) is 1.19. The van der Waals surface area contributed by atoms with Crippen molar-refractivity contribution in [1.82, 2.24) is 9.78 Å². The zero-order valence-electron chi connectivity index (χ0n) is 14.6. The van der Waals surface area contributed by atoms with E-state index in [9.17, 15) is 4.79 Å². The maximum Gasteiger partial charge on any atom is 0.347 e. The van der Waals surface area contributed by atoms with Gasteiger partial charge in [0.25, 0.3) is 0 Å². The topological polar surface area (TPSA) is 62.6 Å². The fourth-order valence-corrected chi connectivity index (χ4v) is 3.00. The molecule has 0 aliphatic carbocycles. The monoisotopic (exact) mass is 350 g/mol. The molecule has 1 aliphatic rings. The lowest BCUT2D eigenvalue weighted by molar-refractivity contribution is 0.0732. The van der Waals surface area contributed by atoms with E-state index < -0.39 is 5.97 Å². The minimum absolute atomic E-state index is 0.408. The fraction of sp³-hybridized carbons (Fsp3) is 0.200. The second kappa shape index (κ2) is 6.55. The van der Waals surface area contributed by atoms with Crippen LogP contribution in [0.25, 0.3) is 5.69 Å². The first-order valence-corrected chi connectivity index (χ1v) is 8.37. The number of fused-ring (bicyclic) bond motifs is 1. The van der Waals surface area contributed by atoms with Crippen LogP contribution in [0.5, 0.6) is 17.2 Å². The molecule has 2 heterocycles. The van der Waals surface area contributed by atoms with Crippen LogP contribution in [0, 0.1) is 13.8 Å². The Bertz CT molecular complexity index is 963. The standard InChI is InChI=1S/C20H18N2O4/c1-13-19(14(2)22(21-13)15-6-4-3-5-7-15)20(23)26-16-8-9-17-18(12-16)25-11-10-24-17/h3-9,12H,10-11H2,1-2H3. The van der Waals surface area contributed by atoms with E-state index in [0.29, 0.717) is 41.7 Å². The first kappa shape index (κ1) is 16.2. The van der Waals surface area contributed by atoms with Crippen molar-refractivity contribution in [3.63, 3.8) is 0 Å². The molecule has 6 nitrogen and oxygen atoms in total. The van der Waals surface area contributed by atoms with Gasteiger partial charge in [0, 0.05) is 6.07 Å². The lowest BCUT2D eigenvalue weighted by atomic mass is 10.2. The highest BCUT2D eigenvalue weighted by Crippen LogP contribution is 2.34. The van der Waals surface area contributed by atoms with E-state index in [4.69, 9.17) is 14.2 Å². The number of aryl methyl sites for hydroxylation is 1. The van der Waals surface area contributed by atoms with E-state index in [1.807, 2.05) is 37.3 Å². The lowest BCUT2D eigenvalue weighted by Crippen LogP contribution is -2.16. The van der Waals surface area contributed by atoms with Crippen molar-refractivity contribution >= 4 is 5.97 Å². The lowest BCUT2D eigenvalue weighted by Gasteiger charge is -2.18. The minimum atomic E-state index is -0.446. The summed E-state index contributed by atoms with van der Waals surface area (Å²) in [7, 11) is 0. The first-order chi connectivity index (χ1) is 12.6. The quantitative estimate of drug-likeness (QED) is 0.535. The average molecular weight is 350 g/mol. The number of para-hydroxylation sites is 1. The summed E-state index contributed by atoms with van der Waals surface area (Å²) in [6.07, 6.45) is 0. The van der Waals surface area contributed by atoms with Crippen LogP contribution in [-0.2, 0) is 0 Å². The first-order valence-electron chi connectivity index (χ1n) is 8.37. The van der Waals surface area contributed by atoms with Gasteiger partial charge >= 0.3 is 5.97 Å². The molecule has 0 spiro atoms. The molecule has 2 aromatic carbocycles. The molecule has 3 aromatic rings. The van der Waals surface area contributed by atoms with Gasteiger partial charge in [0.1, 0.15) is 24.5 Å². The molecule has 4 rings (SSSR count). The van der Waals surface area contributed by atoms with Crippen LogP contribution in [0.3, 0.4) is 0 Å². The third kappa shape index (κ3) is 2.90. The molecular weight excluding hydrogens is 332 g/mol. The zero-order chi connectivity index (χ0) is 18.1. The summed E-state index contributed by atoms with van der Waals surface area (Å²) >= 11 is 0. The summed E-state index contributed by atoms with van der Waals surface area (Å²) in [6.45, 7) is 4.65. The highest BCUT2D eigenvalue weighted by molar-refractivity contribution is 5.93. The SMILES string of the molecule is Cc1nn(-c2ccccc2)c(C)c1C(=O)Oc1ccc2c(c1)OCCO2. The number of carbonyl (C=O) groups excluding carboxylic acids is 1. The van der Waals surface area contributed by atoms with Gasteiger partial charge in [0.2, 0.25) is 0 Å². The highest BCUT2D eigenvalue weighted by Gasteiger charge is 2.22. The Morgan fingerprint density at radius 3 is 2.54 bits per heavy atom. The van der Waals surface area contributed by atoms with Gasteiger partial charge in [-0.2, -0.15) is 5.10 Å². The number of hydrogen-bond acceptors (Lipinski definition) is 5. The number of benzene rings is 2. The van der Waals surface area contributed by atoms with Crippen molar-refractivity contribution in [2.45, 2.75) is 13.8 Å². The Morgan fingerprint density at radius 1 is 1.04 bits per heavy atom. The van der Waals surface area contributed by atoms with Crippen LogP contribution < -0.4 is 14.2 Å². The van der Waals surface area contributed by atoms with Crippen LogP contribution in [-0.4, -0.2) is 29.0 Å². The number of rotatable bonds is 3. The molecular formula is C20H18N2O4. The Balaban J connectivity index is 1.62. The number of hydrogen-bond donors (Lipinski definition) is 0. The van der Waals surface area contributed by atoms with Crippen molar-refractivity contribution in [3.8, 4) is 22.9 Å². The van der Waals surface area contributed by atoms with E-state index in [1.165, 1.54) is 0 Å². The van der Waals surface area contributed by atoms with Crippen molar-refractivity contribution < 1.29 is 19.0 Å². The zero-order valence-corrected chi connectivity index (χ0v) is 14.6. The summed E-state index contributed by atoms with van der Waals surface area (Å²) in [6, 6.07) is 14.8. The second-order valence-corrected chi connectivity index (χ2v) is 5.99. The van der Waals surface area contributed by atoms with Gasteiger partial charge in [-0.1, -0.05) is 18.2 Å². The van der Waals surface area contributed by atoms with E-state index in [-0.39, 0.29) is 0 Å². The number of nitrogens with zero attached hydrogens (tertiary/aromatic N) is 2. The number of carbonyl (C=O) groups is 1. The third-order valence-corrected chi connectivity index (χ3v) is 4.22. The number of aromatic nitrogens is 2. The Morgan fingerprint density at radius 2 is 1.77 bits per heavy atom. The van der Waals surface area contributed by atoms with Crippen LogP contribution in [0.4, 0.5) is 0 Å². The number of ether oxygens (including phenoxy) is 3. The summed E-state index contributed by atoms with van der Waals surface area (Å²) in [5, 5.41) is 4.48. The largest absolute Gasteiger partial charge is 0.486 e. The van der Waals surface area contributed by atoms with Gasteiger partial charge < -0.3 is 14.2 Å². The van der Waals surface area contributed by atoms with Gasteiger partial charge in [-0.25, -0.2) is 9.48 Å². The Hall–Kier alpha value is -3.28. The van der Waals surface area contributed by atoms with Crippen LogP contribution in [0.15, 0.2) is 48.5 Å². The van der Waals surface area contributed by atoms with E-state index in [0.717, 1.165) is 11.4 Å². The molecule has 0 fully saturated rings. The average Bonchev–Trinajstić information content (AvgIpc) is 2.96. The van der Waals surface area contributed by atoms with Gasteiger partial charge in [0.05, 0.1) is 17.1 Å². The Kier molecular flexibility index (Phi) is 4.08. The molecule has 0 unspecified atom stereocenters. The summed E-state index contributed by atoms with van der Waals surface area (Å²) < 4.78 is 18.3. The molecule has 0 radical (unpaired) electrons. The van der Waals surface area contributed by atoms with Crippen LogP contribution in [0.1, 0.15) is 21.7 Å². The molecule has 0 saturated heterocycles. The van der Waals surface area contributed by atoms with Crippen molar-refractivity contribution in [3.05, 3.63) is 65.5 Å². The molecule has 1 aromatic heterocycles. The van der Waals surface area contributed by atoms with Crippen LogP contribution >= 0.6 is 0 Å². The van der Waals surface area contributed by atoms with Gasteiger partial charge in [-0.05, 0) is 38.1 Å². The molecule has 0 atom stereocenters. The van der Waals surface area contributed by atoms with Crippen molar-refractivity contribution in [1.29, 1.82) is 0 Å². The van der Waals surface area contributed by atoms with Crippen LogP contribution in [0.2, 0.25) is 0 Å². The van der Waals surface area contributed by atoms with Gasteiger partial charge in [0.15, 0.2) is 11.5 Å². The van der Waals surface area contributed by atoms with Crippen molar-refractivity contribution in [2.75, 3.05) is 13.2 Å². The predicted molar refractivity (Wildman–Crippen MR) is 95.4 cm³/mol. The molecule has 0 bridgehead atoms. The summed E-state index contributed by atoms with van der Waals surface area (Å²) in [5.41, 5.74) is 2.71. The van der Waals surface area contributed by atoms with Crippen molar-refractivity contribution in [2.24, 2.45) is 0 Å². The smallest absolute Gasteiger partial charge is 0.347 e. The molecule has 132 valence electrons. The number of esters is 1.